The van der Waals surface area contributed by atoms with Gasteiger partial charge in [-0.15, -0.1) is 11.8 Å². The molecular weight excluding hydrogens is 977 g/mol. The maximum atomic E-state index is 15.3. The van der Waals surface area contributed by atoms with Crippen LogP contribution in [0.3, 0.4) is 0 Å². The van der Waals surface area contributed by atoms with Crippen molar-refractivity contribution >= 4 is 58.1 Å². The van der Waals surface area contributed by atoms with E-state index in [2.05, 4.69) is 20.3 Å². The van der Waals surface area contributed by atoms with Crippen LogP contribution in [0.15, 0.2) is 30.9 Å². The van der Waals surface area contributed by atoms with Crippen molar-refractivity contribution in [3.63, 3.8) is 0 Å². The first-order valence-corrected chi connectivity index (χ1v) is 26.9. The quantitative estimate of drug-likeness (QED) is 0.156. The molecule has 22 heteroatoms. The van der Waals surface area contributed by atoms with Gasteiger partial charge in [-0.05, 0) is 87.0 Å². The number of aryl methyl sites for hydroxylation is 1. The van der Waals surface area contributed by atoms with Gasteiger partial charge >= 0.3 is 11.9 Å². The van der Waals surface area contributed by atoms with E-state index in [1.165, 1.54) is 25.2 Å². The van der Waals surface area contributed by atoms with Crippen LogP contribution in [0, 0.1) is 29.6 Å². The van der Waals surface area contributed by atoms with Crippen LogP contribution in [0.5, 0.6) is 0 Å². The van der Waals surface area contributed by atoms with Gasteiger partial charge in [0.05, 0.1) is 53.4 Å². The second-order valence-electron chi connectivity index (χ2n) is 21.8. The molecule has 4 aliphatic rings. The molecule has 4 saturated heterocycles. The number of likely N-dealkylation sites (N-methyl/N-ethyl adjacent to an activating group) is 1. The molecule has 3 aromatic rings. The van der Waals surface area contributed by atoms with Crippen LogP contribution in [0.4, 0.5) is 17.5 Å². The van der Waals surface area contributed by atoms with Gasteiger partial charge in [0.15, 0.2) is 35.2 Å². The third-order valence-electron chi connectivity index (χ3n) is 16.4. The minimum absolute atomic E-state index is 0.108. The molecule has 0 aromatic carbocycles. The van der Waals surface area contributed by atoms with Crippen LogP contribution in [0.2, 0.25) is 0 Å². The number of ether oxygens (including phenoxy) is 8. The Balaban J connectivity index is 1.27. The van der Waals surface area contributed by atoms with E-state index in [9.17, 15) is 15.0 Å². The third-order valence-corrected chi connectivity index (χ3v) is 17.6. The summed E-state index contributed by atoms with van der Waals surface area (Å²) in [6.07, 6.45) is -2.54. The maximum absolute atomic E-state index is 15.3. The van der Waals surface area contributed by atoms with Crippen LogP contribution in [0.25, 0.3) is 11.2 Å². The Hall–Kier alpha value is -4.10. The average Bonchev–Trinajstić information content (AvgIpc) is 3.85. The molecule has 4 aliphatic heterocycles. The Labute approximate surface area is 439 Å². The lowest BCUT2D eigenvalue weighted by molar-refractivity contribution is -0.319. The predicted molar refractivity (Wildman–Crippen MR) is 276 cm³/mol. The molecular formula is C52H80N8O13S. The number of aliphatic hydroxyl groups excluding tert-OH is 2. The fraction of sp³-hybridized carbons (Fsp3) is 0.750. The number of nitrogen functional groups attached to an aromatic ring is 1. The number of aromatic nitrogens is 5. The van der Waals surface area contributed by atoms with E-state index in [4.69, 9.17) is 48.6 Å². The number of fused-ring (bicyclic) bond motifs is 2. The normalized spacial score (nSPS) is 39.6. The number of rotatable bonds is 14. The lowest BCUT2D eigenvalue weighted by atomic mass is 9.70. The first-order chi connectivity index (χ1) is 34.9. The van der Waals surface area contributed by atoms with Crippen molar-refractivity contribution < 1.29 is 62.5 Å². The highest BCUT2D eigenvalue weighted by molar-refractivity contribution is 8.00. The minimum atomic E-state index is -1.46. The van der Waals surface area contributed by atoms with Crippen LogP contribution < -0.4 is 11.1 Å². The highest BCUT2D eigenvalue weighted by Crippen LogP contribution is 2.50. The Bertz CT molecular complexity index is 2420. The van der Waals surface area contributed by atoms with Gasteiger partial charge in [-0.3, -0.25) is 23.9 Å². The second-order valence-corrected chi connectivity index (χ2v) is 23.0. The molecule has 10 unspecified atom stereocenters. The topological polar surface area (TPSA) is 263 Å². The van der Waals surface area contributed by atoms with Gasteiger partial charge in [0.25, 0.3) is 0 Å². The number of hydrogen-bond acceptors (Lipinski definition) is 21. The Morgan fingerprint density at radius 2 is 1.68 bits per heavy atom. The molecule has 7 heterocycles. The highest BCUT2D eigenvalue weighted by atomic mass is 32.2. The maximum Gasteiger partial charge on any atom is 0.320 e. The van der Waals surface area contributed by atoms with Crippen molar-refractivity contribution in [2.75, 3.05) is 45.1 Å². The molecule has 0 spiro atoms. The molecule has 19 atom stereocenters. The summed E-state index contributed by atoms with van der Waals surface area (Å²) < 4.78 is 53.8. The largest absolute Gasteiger partial charge is 0.458 e. The van der Waals surface area contributed by atoms with Gasteiger partial charge in [0.2, 0.25) is 5.95 Å². The van der Waals surface area contributed by atoms with Crippen molar-refractivity contribution in [1.82, 2.24) is 29.4 Å². The van der Waals surface area contributed by atoms with Crippen LogP contribution in [0.1, 0.15) is 94.9 Å². The van der Waals surface area contributed by atoms with Gasteiger partial charge in [0, 0.05) is 68.8 Å². The SMILES string of the molecule is CC[C@H]1OC(=O)C(C)[C@@H](OC2CC(C)(OC)[C@@H](O)C(C)O2)[C@H](C)[C@@H](O[C@@H]2OC(C)CC(N(C)C)[C@H]2O)C(C)(OC)C[C@@H](C)C(=O)C(C)C2C(SCCn3c(Nc4cccnc4)nc4c(N)ncnc43)C(=O)O[C@@]21C. The number of cyclic esters (lactones) is 1. The molecule has 0 aliphatic carbocycles. The Morgan fingerprint density at radius 3 is 2.32 bits per heavy atom. The number of imidazole rings is 1. The summed E-state index contributed by atoms with van der Waals surface area (Å²) in [6, 6.07) is 3.33. The van der Waals surface area contributed by atoms with Gasteiger partial charge in [-0.25, -0.2) is 15.0 Å². The molecule has 412 valence electrons. The van der Waals surface area contributed by atoms with Gasteiger partial charge in [-0.2, -0.15) is 0 Å². The number of thioether (sulfide) groups is 1. The summed E-state index contributed by atoms with van der Waals surface area (Å²) in [5.41, 5.74) is 4.01. The molecule has 74 heavy (non-hydrogen) atoms. The number of methoxy groups -OCH3 is 2. The number of carbonyl (C=O) groups excluding carboxylic acids is 3. The van der Waals surface area contributed by atoms with Crippen molar-refractivity contribution in [3.05, 3.63) is 30.9 Å². The van der Waals surface area contributed by atoms with Crippen molar-refractivity contribution in [2.45, 2.75) is 185 Å². The smallest absolute Gasteiger partial charge is 0.320 e. The number of pyridine rings is 1. The van der Waals surface area contributed by atoms with Crippen molar-refractivity contribution in [2.24, 2.45) is 29.6 Å². The molecule has 0 amide bonds. The average molecular weight is 1060 g/mol. The van der Waals surface area contributed by atoms with Gasteiger partial charge < -0.3 is 64.1 Å². The molecule has 0 radical (unpaired) electrons. The third kappa shape index (κ3) is 11.5. The second kappa shape index (κ2) is 23.2. The number of anilines is 3. The zero-order valence-electron chi connectivity index (χ0n) is 45.4. The first-order valence-electron chi connectivity index (χ1n) is 25.9. The zero-order chi connectivity index (χ0) is 54.2. The van der Waals surface area contributed by atoms with E-state index in [-0.39, 0.29) is 43.0 Å². The fourth-order valence-corrected chi connectivity index (χ4v) is 13.4. The number of carbonyl (C=O) groups is 3. The first kappa shape index (κ1) is 57.6. The van der Waals surface area contributed by atoms with E-state index in [0.29, 0.717) is 41.5 Å². The van der Waals surface area contributed by atoms with Crippen LogP contribution in [-0.4, -0.2) is 175 Å². The minimum Gasteiger partial charge on any atom is -0.458 e. The molecule has 4 fully saturated rings. The lowest BCUT2D eigenvalue weighted by Gasteiger charge is -2.50. The summed E-state index contributed by atoms with van der Waals surface area (Å²) in [4.78, 5) is 64.4. The number of nitrogens with two attached hydrogens (primary N) is 1. The van der Waals surface area contributed by atoms with Crippen LogP contribution in [-0.2, 0) is 58.8 Å². The molecule has 3 aromatic heterocycles. The number of ketones is 1. The van der Waals surface area contributed by atoms with E-state index in [0.717, 1.165) is 0 Å². The Kier molecular flexibility index (Phi) is 18.1. The van der Waals surface area contributed by atoms with E-state index < -0.39 is 113 Å². The Morgan fingerprint density at radius 1 is 0.959 bits per heavy atom. The number of Topliss-reactive ketones (excluding diaryl/α,β-unsaturated/α-hetero) is 1. The molecule has 7 rings (SSSR count). The zero-order valence-corrected chi connectivity index (χ0v) is 46.2. The summed E-state index contributed by atoms with van der Waals surface area (Å²) in [6.45, 7) is 18.4. The number of hydrogen-bond donors (Lipinski definition) is 4. The van der Waals surface area contributed by atoms with Gasteiger partial charge in [-0.1, -0.05) is 27.7 Å². The molecule has 5 N–H and O–H groups in total. The number of aliphatic hydroxyl groups is 2. The molecule has 0 saturated carbocycles. The summed E-state index contributed by atoms with van der Waals surface area (Å²) in [5.74, 6) is -4.42. The van der Waals surface area contributed by atoms with Crippen molar-refractivity contribution in [3.8, 4) is 0 Å². The van der Waals surface area contributed by atoms with E-state index in [1.54, 1.807) is 53.3 Å². The molecule has 0 bridgehead atoms. The van der Waals surface area contributed by atoms with Crippen LogP contribution >= 0.6 is 11.8 Å². The summed E-state index contributed by atoms with van der Waals surface area (Å²) >= 11 is 1.34. The van der Waals surface area contributed by atoms with Crippen molar-refractivity contribution in [1.29, 1.82) is 0 Å². The monoisotopic (exact) mass is 1060 g/mol. The standard InChI is InChI=1S/C52H80N8O13S/c1-15-34-52(10)36(41(47(65)73-52)74-20-19-60-45-37(44(53)55-25-56-45)58-49(60)57-32-17-16-18-54-24-32)28(4)38(61)26(2)22-51(9,67-14)43(72-48-39(62)33(59(11)12)21-27(3)68-48)29(5)40(30(6)46(64)70-34)71-35-23-50(8,66-13)42(63)31(7)69-35/h16-18,24-31,33-36,39-43,48,62-63H,15,19-23H2,1-14H3,(H,57,58)(H2,53,55,56)/t26-,27?,28?,29+,30?,31?,33?,34-,35?,36?,39-,40+,41?,42+,43-,48+,50?,51?,52-/m1/s1. The van der Waals surface area contributed by atoms with E-state index in [1.807, 2.05) is 71.2 Å². The molecule has 21 nitrogen and oxygen atoms in total. The number of esters is 2. The predicted octanol–water partition coefficient (Wildman–Crippen LogP) is 4.92. The van der Waals surface area contributed by atoms with E-state index >= 15 is 9.59 Å². The summed E-state index contributed by atoms with van der Waals surface area (Å²) in [7, 11) is 6.84. The number of nitrogens with zero attached hydrogens (tertiary/aromatic N) is 6. The lowest BCUT2D eigenvalue weighted by Crippen LogP contribution is -2.61. The van der Waals surface area contributed by atoms with Gasteiger partial charge in [0.1, 0.15) is 35.7 Å². The highest BCUT2D eigenvalue weighted by Gasteiger charge is 2.62. The summed E-state index contributed by atoms with van der Waals surface area (Å²) in [5, 5.41) is 25.5. The fourth-order valence-electron chi connectivity index (χ4n) is 12.0. The number of nitrogens with one attached hydrogen (secondary N) is 1.